The van der Waals surface area contributed by atoms with Gasteiger partial charge < -0.3 is 14.6 Å². The lowest BCUT2D eigenvalue weighted by Gasteiger charge is -2.23. The molecule has 0 heterocycles. The molecule has 0 fully saturated rings. The van der Waals surface area contributed by atoms with Gasteiger partial charge >= 0.3 is 0 Å². The van der Waals surface area contributed by atoms with Gasteiger partial charge in [-0.05, 0) is 30.7 Å². The Morgan fingerprint density at radius 1 is 1.38 bits per heavy atom. The second kappa shape index (κ2) is 5.66. The second-order valence-electron chi connectivity index (χ2n) is 4.06. The molecule has 0 amide bonds. The molecule has 0 radical (unpaired) electrons. The smallest absolute Gasteiger partial charge is 0.122 e. The maximum atomic E-state index is 10.1. The third kappa shape index (κ3) is 3.77. The van der Waals surface area contributed by atoms with Crippen molar-refractivity contribution in [3.63, 3.8) is 0 Å². The minimum atomic E-state index is -0.886. The summed E-state index contributed by atoms with van der Waals surface area (Å²) in [6.07, 6.45) is 0.490. The van der Waals surface area contributed by atoms with Crippen molar-refractivity contribution >= 4 is 15.9 Å². The van der Waals surface area contributed by atoms with E-state index in [0.717, 1.165) is 15.8 Å². The normalized spacial score (nSPS) is 14.6. The third-order valence-corrected chi connectivity index (χ3v) is 2.76. The van der Waals surface area contributed by atoms with E-state index in [1.165, 1.54) is 0 Å². The quantitative estimate of drug-likeness (QED) is 0.904. The van der Waals surface area contributed by atoms with Gasteiger partial charge in [0.1, 0.15) is 5.75 Å². The molecule has 0 saturated carbocycles. The minimum absolute atomic E-state index is 0.294. The highest BCUT2D eigenvalue weighted by Gasteiger charge is 2.22. The van der Waals surface area contributed by atoms with Gasteiger partial charge in [-0.15, -0.1) is 0 Å². The van der Waals surface area contributed by atoms with Crippen LogP contribution in [0.25, 0.3) is 0 Å². The Kier molecular flexibility index (Phi) is 4.77. The lowest BCUT2D eigenvalue weighted by molar-refractivity contribution is -0.0164. The summed E-state index contributed by atoms with van der Waals surface area (Å²) in [5, 5.41) is 10.1. The molecule has 1 aromatic carbocycles. The highest BCUT2D eigenvalue weighted by atomic mass is 79.9. The van der Waals surface area contributed by atoms with Crippen molar-refractivity contribution in [3.05, 3.63) is 28.2 Å². The summed E-state index contributed by atoms with van der Waals surface area (Å²) in [4.78, 5) is 0. The molecular formula is C12H17BrO3. The number of halogens is 1. The first kappa shape index (κ1) is 13.5. The van der Waals surface area contributed by atoms with Crippen molar-refractivity contribution in [2.75, 3.05) is 20.8 Å². The Morgan fingerprint density at radius 3 is 2.62 bits per heavy atom. The summed E-state index contributed by atoms with van der Waals surface area (Å²) in [5.41, 5.74) is 0.0713. The number of aliphatic hydroxyl groups is 1. The fraction of sp³-hybridized carbons (Fsp3) is 0.500. The third-order valence-electron chi connectivity index (χ3n) is 2.27. The maximum absolute atomic E-state index is 10.1. The van der Waals surface area contributed by atoms with Crippen molar-refractivity contribution in [3.8, 4) is 5.75 Å². The van der Waals surface area contributed by atoms with Crippen LogP contribution in [0.1, 0.15) is 12.5 Å². The van der Waals surface area contributed by atoms with Crippen LogP contribution < -0.4 is 4.74 Å². The molecule has 0 aromatic heterocycles. The van der Waals surface area contributed by atoms with Gasteiger partial charge in [-0.3, -0.25) is 0 Å². The summed E-state index contributed by atoms with van der Waals surface area (Å²) in [7, 11) is 3.20. The van der Waals surface area contributed by atoms with E-state index in [4.69, 9.17) is 9.47 Å². The number of ether oxygens (including phenoxy) is 2. The van der Waals surface area contributed by atoms with Crippen LogP contribution in [0.3, 0.4) is 0 Å². The number of hydrogen-bond acceptors (Lipinski definition) is 3. The fourth-order valence-electron chi connectivity index (χ4n) is 1.66. The van der Waals surface area contributed by atoms with E-state index >= 15 is 0 Å². The molecule has 0 aliphatic heterocycles. The zero-order valence-electron chi connectivity index (χ0n) is 9.79. The molecule has 0 spiro atoms. The van der Waals surface area contributed by atoms with Crippen LogP contribution in [0.5, 0.6) is 5.75 Å². The molecule has 1 unspecified atom stereocenters. The Labute approximate surface area is 105 Å². The molecule has 1 rings (SSSR count). The second-order valence-corrected chi connectivity index (χ2v) is 4.98. The van der Waals surface area contributed by atoms with Gasteiger partial charge in [0.05, 0.1) is 19.3 Å². The standard InChI is InChI=1S/C12H17BrO3/c1-12(14,8-15-2)7-9-6-10(13)4-5-11(9)16-3/h4-6,14H,7-8H2,1-3H3. The fourth-order valence-corrected chi connectivity index (χ4v) is 2.07. The number of methoxy groups -OCH3 is 2. The van der Waals surface area contributed by atoms with Crippen molar-refractivity contribution in [1.82, 2.24) is 0 Å². The number of rotatable bonds is 5. The Hall–Kier alpha value is -0.580. The van der Waals surface area contributed by atoms with E-state index in [9.17, 15) is 5.11 Å². The van der Waals surface area contributed by atoms with E-state index < -0.39 is 5.60 Å². The van der Waals surface area contributed by atoms with Gasteiger partial charge in [0.25, 0.3) is 0 Å². The van der Waals surface area contributed by atoms with E-state index in [1.54, 1.807) is 21.1 Å². The molecule has 4 heteroatoms. The SMILES string of the molecule is COCC(C)(O)Cc1cc(Br)ccc1OC. The van der Waals surface area contributed by atoms with E-state index in [2.05, 4.69) is 15.9 Å². The summed E-state index contributed by atoms with van der Waals surface area (Å²) in [5.74, 6) is 0.777. The van der Waals surface area contributed by atoms with Gasteiger partial charge in [-0.25, -0.2) is 0 Å². The molecular weight excluding hydrogens is 272 g/mol. The molecule has 1 aromatic rings. The molecule has 0 bridgehead atoms. The molecule has 0 aliphatic rings. The largest absolute Gasteiger partial charge is 0.496 e. The summed E-state index contributed by atoms with van der Waals surface area (Å²) < 4.78 is 11.2. The molecule has 0 saturated heterocycles. The summed E-state index contributed by atoms with van der Waals surface area (Å²) in [6, 6.07) is 5.73. The van der Waals surface area contributed by atoms with Crippen molar-refractivity contribution in [2.45, 2.75) is 18.9 Å². The molecule has 1 atom stereocenters. The topological polar surface area (TPSA) is 38.7 Å². The molecule has 1 N–H and O–H groups in total. The lowest BCUT2D eigenvalue weighted by Crippen LogP contribution is -2.32. The zero-order chi connectivity index (χ0) is 12.2. The van der Waals surface area contributed by atoms with E-state index in [-0.39, 0.29) is 0 Å². The molecule has 0 aliphatic carbocycles. The van der Waals surface area contributed by atoms with Crippen LogP contribution in [0.15, 0.2) is 22.7 Å². The molecule has 16 heavy (non-hydrogen) atoms. The Morgan fingerprint density at radius 2 is 2.06 bits per heavy atom. The average Bonchev–Trinajstić information content (AvgIpc) is 2.17. The zero-order valence-corrected chi connectivity index (χ0v) is 11.4. The Bertz CT molecular complexity index is 350. The minimum Gasteiger partial charge on any atom is -0.496 e. The summed E-state index contributed by atoms with van der Waals surface area (Å²) in [6.45, 7) is 2.04. The van der Waals surface area contributed by atoms with Crippen LogP contribution in [-0.2, 0) is 11.2 Å². The predicted molar refractivity (Wildman–Crippen MR) is 66.9 cm³/mol. The van der Waals surface area contributed by atoms with Gasteiger partial charge in [-0.2, -0.15) is 0 Å². The van der Waals surface area contributed by atoms with E-state index in [1.807, 2.05) is 18.2 Å². The van der Waals surface area contributed by atoms with Crippen molar-refractivity contribution in [2.24, 2.45) is 0 Å². The van der Waals surface area contributed by atoms with Crippen molar-refractivity contribution < 1.29 is 14.6 Å². The van der Waals surface area contributed by atoms with Gasteiger partial charge in [0, 0.05) is 18.0 Å². The highest BCUT2D eigenvalue weighted by Crippen LogP contribution is 2.26. The van der Waals surface area contributed by atoms with E-state index in [0.29, 0.717) is 13.0 Å². The van der Waals surface area contributed by atoms with Crippen molar-refractivity contribution in [1.29, 1.82) is 0 Å². The Balaban J connectivity index is 2.90. The summed E-state index contributed by atoms with van der Waals surface area (Å²) >= 11 is 3.40. The first-order chi connectivity index (χ1) is 7.48. The van der Waals surface area contributed by atoms with Crippen LogP contribution in [0.4, 0.5) is 0 Å². The predicted octanol–water partition coefficient (Wildman–Crippen LogP) is 2.40. The molecule has 90 valence electrons. The number of benzene rings is 1. The van der Waals surface area contributed by atoms with Crippen LogP contribution in [0.2, 0.25) is 0 Å². The first-order valence-corrected chi connectivity index (χ1v) is 5.81. The van der Waals surface area contributed by atoms with Crippen LogP contribution in [-0.4, -0.2) is 31.5 Å². The molecule has 3 nitrogen and oxygen atoms in total. The first-order valence-electron chi connectivity index (χ1n) is 5.02. The maximum Gasteiger partial charge on any atom is 0.122 e. The van der Waals surface area contributed by atoms with Crippen LogP contribution in [0, 0.1) is 0 Å². The monoisotopic (exact) mass is 288 g/mol. The van der Waals surface area contributed by atoms with Crippen LogP contribution >= 0.6 is 15.9 Å². The number of hydrogen-bond donors (Lipinski definition) is 1. The lowest BCUT2D eigenvalue weighted by atomic mass is 9.97. The van der Waals surface area contributed by atoms with Gasteiger partial charge in [-0.1, -0.05) is 15.9 Å². The average molecular weight is 289 g/mol. The van der Waals surface area contributed by atoms with Gasteiger partial charge in [0.2, 0.25) is 0 Å². The van der Waals surface area contributed by atoms with Gasteiger partial charge in [0.15, 0.2) is 0 Å². The highest BCUT2D eigenvalue weighted by molar-refractivity contribution is 9.10.